The van der Waals surface area contributed by atoms with Crippen molar-refractivity contribution in [3.05, 3.63) is 39.7 Å². The zero-order valence-electron chi connectivity index (χ0n) is 20.1. The Kier molecular flexibility index (Phi) is 8.13. The third-order valence-electron chi connectivity index (χ3n) is 5.88. The number of ether oxygens (including phenoxy) is 1. The number of ketones is 1. The fraction of sp³-hybridized carbons (Fsp3) is 0.520. The van der Waals surface area contributed by atoms with Gasteiger partial charge in [0, 0.05) is 23.1 Å². The zero-order chi connectivity index (χ0) is 24.2. The summed E-state index contributed by atoms with van der Waals surface area (Å²) in [5.41, 5.74) is 2.84. The van der Waals surface area contributed by atoms with Crippen LogP contribution in [0.5, 0.6) is 5.75 Å². The molecule has 0 aliphatic heterocycles. The SMILES string of the molecule is CCSc1nc2c(c(=O)n1CC=O)C(C)(C)Cc1cc(OCCN(CC)CC(C)=O)ccc1-2. The molecule has 1 aliphatic rings. The first-order chi connectivity index (χ1) is 15.7. The van der Waals surface area contributed by atoms with Gasteiger partial charge in [-0.25, -0.2) is 4.98 Å². The van der Waals surface area contributed by atoms with Crippen LogP contribution in [0.2, 0.25) is 0 Å². The molecule has 178 valence electrons. The summed E-state index contributed by atoms with van der Waals surface area (Å²) < 4.78 is 7.49. The number of hydrogen-bond acceptors (Lipinski definition) is 7. The van der Waals surface area contributed by atoms with Gasteiger partial charge in [0.2, 0.25) is 0 Å². The molecule has 3 rings (SSSR count). The molecule has 0 radical (unpaired) electrons. The standard InChI is InChI=1S/C25H33N3O4S/c1-6-27(16-17(3)30)11-13-32-19-8-9-20-18(14-19)15-25(4,5)21-22(20)26-24(33-7-2)28(10-12-29)23(21)31/h8-9,12,14H,6-7,10-11,13,15-16H2,1-5H3. The number of fused-ring (bicyclic) bond motifs is 3. The number of rotatable bonds is 11. The Balaban J connectivity index is 1.93. The Labute approximate surface area is 199 Å². The molecule has 0 spiro atoms. The molecular weight excluding hydrogens is 438 g/mol. The Morgan fingerprint density at radius 1 is 1.33 bits per heavy atom. The molecule has 1 aromatic carbocycles. The fourth-order valence-electron chi connectivity index (χ4n) is 4.37. The second-order valence-corrected chi connectivity index (χ2v) is 10.2. The van der Waals surface area contributed by atoms with Gasteiger partial charge in [-0.15, -0.1) is 0 Å². The van der Waals surface area contributed by atoms with E-state index in [9.17, 15) is 14.4 Å². The average Bonchev–Trinajstić information content (AvgIpc) is 2.74. The van der Waals surface area contributed by atoms with E-state index >= 15 is 0 Å². The van der Waals surface area contributed by atoms with Gasteiger partial charge in [0.25, 0.3) is 5.56 Å². The molecule has 0 saturated carbocycles. The van der Waals surface area contributed by atoms with Crippen molar-refractivity contribution in [3.8, 4) is 17.0 Å². The summed E-state index contributed by atoms with van der Waals surface area (Å²) in [5, 5.41) is 0.572. The Hall–Kier alpha value is -2.45. The molecule has 0 atom stereocenters. The van der Waals surface area contributed by atoms with Gasteiger partial charge in [-0.05, 0) is 49.4 Å². The van der Waals surface area contributed by atoms with Crippen molar-refractivity contribution < 1.29 is 14.3 Å². The highest BCUT2D eigenvalue weighted by molar-refractivity contribution is 7.99. The quantitative estimate of drug-likeness (QED) is 0.282. The minimum atomic E-state index is -0.425. The van der Waals surface area contributed by atoms with Gasteiger partial charge in [0.05, 0.1) is 18.8 Å². The van der Waals surface area contributed by atoms with Gasteiger partial charge in [-0.3, -0.25) is 19.1 Å². The summed E-state index contributed by atoms with van der Waals surface area (Å²) in [5.74, 6) is 1.67. The smallest absolute Gasteiger partial charge is 0.258 e. The fourth-order valence-corrected chi connectivity index (χ4v) is 5.10. The maximum atomic E-state index is 13.4. The number of thioether (sulfide) groups is 1. The maximum absolute atomic E-state index is 13.4. The van der Waals surface area contributed by atoms with Crippen LogP contribution >= 0.6 is 11.8 Å². The van der Waals surface area contributed by atoms with E-state index in [-0.39, 0.29) is 17.9 Å². The number of nitrogens with zero attached hydrogens (tertiary/aromatic N) is 3. The van der Waals surface area contributed by atoms with Gasteiger partial charge in [-0.1, -0.05) is 39.5 Å². The van der Waals surface area contributed by atoms with Crippen LogP contribution in [0.25, 0.3) is 11.3 Å². The first-order valence-corrected chi connectivity index (χ1v) is 12.4. The van der Waals surface area contributed by atoms with E-state index in [1.165, 1.54) is 16.3 Å². The molecule has 2 aromatic rings. The van der Waals surface area contributed by atoms with Crippen molar-refractivity contribution >= 4 is 23.8 Å². The number of likely N-dealkylation sites (N-methyl/N-ethyl adjacent to an activating group) is 1. The first kappa shape index (κ1) is 25.2. The lowest BCUT2D eigenvalue weighted by molar-refractivity contribution is -0.118. The summed E-state index contributed by atoms with van der Waals surface area (Å²) in [6.07, 6.45) is 1.43. The van der Waals surface area contributed by atoms with Crippen molar-refractivity contribution in [2.45, 2.75) is 58.2 Å². The Morgan fingerprint density at radius 3 is 2.73 bits per heavy atom. The molecule has 8 heteroatoms. The first-order valence-electron chi connectivity index (χ1n) is 11.4. The minimum Gasteiger partial charge on any atom is -0.492 e. The van der Waals surface area contributed by atoms with E-state index < -0.39 is 5.41 Å². The topological polar surface area (TPSA) is 81.5 Å². The van der Waals surface area contributed by atoms with Gasteiger partial charge in [0.1, 0.15) is 24.4 Å². The van der Waals surface area contributed by atoms with E-state index in [1.807, 2.05) is 45.9 Å². The molecule has 0 unspecified atom stereocenters. The number of Topliss-reactive ketones (excluding diaryl/α,β-unsaturated/α-hetero) is 1. The number of carbonyl (C=O) groups excluding carboxylic acids is 2. The van der Waals surface area contributed by atoms with Gasteiger partial charge >= 0.3 is 0 Å². The van der Waals surface area contributed by atoms with E-state index in [4.69, 9.17) is 9.72 Å². The predicted octanol–water partition coefficient (Wildman–Crippen LogP) is 3.34. The highest BCUT2D eigenvalue weighted by atomic mass is 32.2. The second kappa shape index (κ2) is 10.7. The number of benzene rings is 1. The average molecular weight is 472 g/mol. The molecule has 0 bridgehead atoms. The second-order valence-electron chi connectivity index (χ2n) is 8.93. The van der Waals surface area contributed by atoms with E-state index in [0.29, 0.717) is 42.5 Å². The number of carbonyl (C=O) groups is 2. The van der Waals surface area contributed by atoms with Crippen molar-refractivity contribution in [3.63, 3.8) is 0 Å². The lowest BCUT2D eigenvalue weighted by Crippen LogP contribution is -2.38. The number of hydrogen-bond donors (Lipinski definition) is 0. The molecule has 33 heavy (non-hydrogen) atoms. The van der Waals surface area contributed by atoms with Gasteiger partial charge in [0.15, 0.2) is 5.16 Å². The molecule has 7 nitrogen and oxygen atoms in total. The lowest BCUT2D eigenvalue weighted by Gasteiger charge is -2.33. The Bertz CT molecular complexity index is 1090. The summed E-state index contributed by atoms with van der Waals surface area (Å²) in [6, 6.07) is 5.92. The van der Waals surface area contributed by atoms with Crippen LogP contribution in [0.15, 0.2) is 28.2 Å². The molecule has 1 aromatic heterocycles. The normalized spacial score (nSPS) is 14.0. The Morgan fingerprint density at radius 2 is 2.09 bits per heavy atom. The molecular formula is C25H33N3O4S. The van der Waals surface area contributed by atoms with Gasteiger partial charge < -0.3 is 9.53 Å². The van der Waals surface area contributed by atoms with Crippen LogP contribution in [0.4, 0.5) is 0 Å². The summed E-state index contributed by atoms with van der Waals surface area (Å²) >= 11 is 1.47. The van der Waals surface area contributed by atoms with Crippen LogP contribution in [0, 0.1) is 0 Å². The van der Waals surface area contributed by atoms with E-state index in [0.717, 1.165) is 35.5 Å². The number of aromatic nitrogens is 2. The minimum absolute atomic E-state index is 0.00949. The van der Waals surface area contributed by atoms with Crippen molar-refractivity contribution in [1.29, 1.82) is 0 Å². The van der Waals surface area contributed by atoms with Crippen molar-refractivity contribution in [2.24, 2.45) is 0 Å². The van der Waals surface area contributed by atoms with Gasteiger partial charge in [-0.2, -0.15) is 0 Å². The van der Waals surface area contributed by atoms with Crippen molar-refractivity contribution in [1.82, 2.24) is 14.5 Å². The monoisotopic (exact) mass is 471 g/mol. The summed E-state index contributed by atoms with van der Waals surface area (Å²) in [4.78, 5) is 42.9. The lowest BCUT2D eigenvalue weighted by atomic mass is 9.72. The maximum Gasteiger partial charge on any atom is 0.258 e. The highest BCUT2D eigenvalue weighted by Gasteiger charge is 2.36. The molecule has 0 saturated heterocycles. The highest BCUT2D eigenvalue weighted by Crippen LogP contribution is 2.42. The third-order valence-corrected chi connectivity index (χ3v) is 6.73. The van der Waals surface area contributed by atoms with Crippen molar-refractivity contribution in [2.75, 3.05) is 32.0 Å². The van der Waals surface area contributed by atoms with Crippen LogP contribution in [0.3, 0.4) is 0 Å². The third kappa shape index (κ3) is 5.55. The predicted molar refractivity (Wildman–Crippen MR) is 131 cm³/mol. The molecule has 1 aliphatic carbocycles. The molecule has 0 amide bonds. The zero-order valence-corrected chi connectivity index (χ0v) is 21.0. The molecule has 0 fully saturated rings. The van der Waals surface area contributed by atoms with Crippen LogP contribution in [0.1, 0.15) is 45.7 Å². The summed E-state index contributed by atoms with van der Waals surface area (Å²) in [7, 11) is 0. The molecule has 1 heterocycles. The van der Waals surface area contributed by atoms with E-state index in [1.54, 1.807) is 6.92 Å². The largest absolute Gasteiger partial charge is 0.492 e. The molecule has 0 N–H and O–H groups in total. The number of aldehydes is 1. The van der Waals surface area contributed by atoms with Crippen LogP contribution in [-0.4, -0.2) is 58.5 Å². The van der Waals surface area contributed by atoms with Crippen LogP contribution < -0.4 is 10.3 Å². The van der Waals surface area contributed by atoms with Crippen LogP contribution in [-0.2, 0) is 28.0 Å². The summed E-state index contributed by atoms with van der Waals surface area (Å²) in [6.45, 7) is 12.1. The van der Waals surface area contributed by atoms with E-state index in [2.05, 4.69) is 4.90 Å².